The molecule has 0 saturated carbocycles. The Hall–Kier alpha value is -1.88. The zero-order valence-corrected chi connectivity index (χ0v) is 10.2. The molecule has 0 bridgehead atoms. The van der Waals surface area contributed by atoms with Gasteiger partial charge in [-0.2, -0.15) is 0 Å². The fourth-order valence-electron chi connectivity index (χ4n) is 1.24. The molecule has 2 aromatic rings. The highest BCUT2D eigenvalue weighted by Crippen LogP contribution is 2.24. The summed E-state index contributed by atoms with van der Waals surface area (Å²) in [4.78, 5) is 9.46. The summed E-state index contributed by atoms with van der Waals surface area (Å²) < 4.78 is 0. The molecule has 0 radical (unpaired) electrons. The molecule has 1 heterocycles. The molecule has 0 aliphatic heterocycles. The van der Waals surface area contributed by atoms with Crippen LogP contribution in [0.4, 0.5) is 0 Å². The fourth-order valence-corrected chi connectivity index (χ4v) is 1.94. The molecule has 0 unspecified atom stereocenters. The first kappa shape index (κ1) is 11.6. The molecule has 2 rings (SSSR count). The van der Waals surface area contributed by atoms with Gasteiger partial charge in [-0.15, -0.1) is 0 Å². The molecule has 86 valence electrons. The van der Waals surface area contributed by atoms with Gasteiger partial charge in [-0.25, -0.2) is 9.97 Å². The van der Waals surface area contributed by atoms with Crippen molar-refractivity contribution in [2.75, 3.05) is 0 Å². The van der Waals surface area contributed by atoms with Crippen LogP contribution in [-0.2, 0) is 0 Å². The van der Waals surface area contributed by atoms with E-state index in [4.69, 9.17) is 11.1 Å². The molecule has 4 nitrogen and oxygen atoms in total. The lowest BCUT2D eigenvalue weighted by Crippen LogP contribution is -2.10. The smallest absolute Gasteiger partial charge is 0.192 e. The molecule has 0 saturated heterocycles. The molecular formula is C12H12N4S. The first-order valence-corrected chi connectivity index (χ1v) is 5.88. The van der Waals surface area contributed by atoms with Crippen LogP contribution < -0.4 is 5.73 Å². The van der Waals surface area contributed by atoms with Crippen LogP contribution in [-0.4, -0.2) is 15.8 Å². The SMILES string of the molecule is Cc1cnc(Sc2ccc(C(=N)N)cc2)nc1. The van der Waals surface area contributed by atoms with E-state index in [9.17, 15) is 0 Å². The van der Waals surface area contributed by atoms with Gasteiger partial charge < -0.3 is 5.73 Å². The second kappa shape index (κ2) is 4.97. The van der Waals surface area contributed by atoms with Gasteiger partial charge in [0.05, 0.1) is 0 Å². The van der Waals surface area contributed by atoms with Gasteiger partial charge in [-0.1, -0.05) is 12.1 Å². The Bertz CT molecular complexity index is 519. The summed E-state index contributed by atoms with van der Waals surface area (Å²) in [6, 6.07) is 7.45. The van der Waals surface area contributed by atoms with E-state index in [1.807, 2.05) is 31.2 Å². The van der Waals surface area contributed by atoms with Crippen molar-refractivity contribution in [3.05, 3.63) is 47.8 Å². The number of nitrogen functional groups attached to an aromatic ring is 1. The Morgan fingerprint density at radius 1 is 1.18 bits per heavy atom. The molecule has 17 heavy (non-hydrogen) atoms. The third-order valence-electron chi connectivity index (χ3n) is 2.13. The minimum Gasteiger partial charge on any atom is -0.384 e. The number of amidine groups is 1. The van der Waals surface area contributed by atoms with E-state index in [2.05, 4.69) is 9.97 Å². The molecule has 0 amide bonds. The Morgan fingerprint density at radius 2 is 1.76 bits per heavy atom. The Morgan fingerprint density at radius 3 is 2.29 bits per heavy atom. The monoisotopic (exact) mass is 244 g/mol. The van der Waals surface area contributed by atoms with Crippen LogP contribution in [0.1, 0.15) is 11.1 Å². The van der Waals surface area contributed by atoms with Gasteiger partial charge in [-0.3, -0.25) is 5.41 Å². The van der Waals surface area contributed by atoms with E-state index in [1.165, 1.54) is 11.8 Å². The highest BCUT2D eigenvalue weighted by Gasteiger charge is 2.01. The second-order valence-corrected chi connectivity index (χ2v) is 4.62. The van der Waals surface area contributed by atoms with Crippen molar-refractivity contribution >= 4 is 17.6 Å². The highest BCUT2D eigenvalue weighted by atomic mass is 32.2. The fraction of sp³-hybridized carbons (Fsp3) is 0.0833. The number of hydrogen-bond acceptors (Lipinski definition) is 4. The summed E-state index contributed by atoms with van der Waals surface area (Å²) in [5.41, 5.74) is 7.15. The third kappa shape index (κ3) is 3.04. The Kier molecular flexibility index (Phi) is 3.39. The second-order valence-electron chi connectivity index (χ2n) is 3.58. The summed E-state index contributed by atoms with van der Waals surface area (Å²) in [5.74, 6) is 0.0770. The van der Waals surface area contributed by atoms with E-state index < -0.39 is 0 Å². The van der Waals surface area contributed by atoms with Crippen molar-refractivity contribution < 1.29 is 0 Å². The van der Waals surface area contributed by atoms with Gasteiger partial charge in [0.2, 0.25) is 0 Å². The number of benzene rings is 1. The summed E-state index contributed by atoms with van der Waals surface area (Å²) in [7, 11) is 0. The van der Waals surface area contributed by atoms with Crippen molar-refractivity contribution in [1.29, 1.82) is 5.41 Å². The van der Waals surface area contributed by atoms with E-state index >= 15 is 0 Å². The minimum atomic E-state index is 0.0770. The quantitative estimate of drug-likeness (QED) is 0.493. The summed E-state index contributed by atoms with van der Waals surface area (Å²) in [6.07, 6.45) is 3.58. The van der Waals surface area contributed by atoms with Gasteiger partial charge >= 0.3 is 0 Å². The molecule has 5 heteroatoms. The van der Waals surface area contributed by atoms with Crippen LogP contribution in [0.15, 0.2) is 46.7 Å². The topological polar surface area (TPSA) is 75.7 Å². The van der Waals surface area contributed by atoms with Gasteiger partial charge in [0, 0.05) is 22.9 Å². The standard InChI is InChI=1S/C12H12N4S/c1-8-6-15-12(16-7-8)17-10-4-2-9(3-5-10)11(13)14/h2-7H,1H3,(H3,13,14). The van der Waals surface area contributed by atoms with E-state index in [-0.39, 0.29) is 5.84 Å². The van der Waals surface area contributed by atoms with Crippen LogP contribution in [0.5, 0.6) is 0 Å². The predicted octanol–water partition coefficient (Wildman–Crippen LogP) is 2.22. The molecule has 3 N–H and O–H groups in total. The van der Waals surface area contributed by atoms with Gasteiger partial charge in [0.1, 0.15) is 5.84 Å². The van der Waals surface area contributed by atoms with Crippen molar-refractivity contribution in [3.8, 4) is 0 Å². The largest absolute Gasteiger partial charge is 0.384 e. The number of hydrogen-bond donors (Lipinski definition) is 2. The number of nitrogens with one attached hydrogen (secondary N) is 1. The summed E-state index contributed by atoms with van der Waals surface area (Å²) in [5, 5.41) is 8.01. The van der Waals surface area contributed by atoms with E-state index in [0.717, 1.165) is 16.0 Å². The Labute approximate surface area is 104 Å². The van der Waals surface area contributed by atoms with Crippen molar-refractivity contribution in [1.82, 2.24) is 9.97 Å². The maximum Gasteiger partial charge on any atom is 0.192 e. The van der Waals surface area contributed by atoms with Crippen molar-refractivity contribution in [3.63, 3.8) is 0 Å². The summed E-state index contributed by atoms with van der Waals surface area (Å²) in [6.45, 7) is 1.95. The normalized spacial score (nSPS) is 10.2. The lowest BCUT2D eigenvalue weighted by molar-refractivity contribution is 0.950. The molecular weight excluding hydrogens is 232 g/mol. The molecule has 0 fully saturated rings. The number of nitrogens with zero attached hydrogens (tertiary/aromatic N) is 2. The average Bonchev–Trinajstić information content (AvgIpc) is 2.33. The molecule has 0 aliphatic rings. The minimum absolute atomic E-state index is 0.0770. The average molecular weight is 244 g/mol. The highest BCUT2D eigenvalue weighted by molar-refractivity contribution is 7.99. The first-order valence-electron chi connectivity index (χ1n) is 5.06. The van der Waals surface area contributed by atoms with Crippen molar-refractivity contribution in [2.45, 2.75) is 17.0 Å². The number of rotatable bonds is 3. The van der Waals surface area contributed by atoms with E-state index in [0.29, 0.717) is 5.16 Å². The third-order valence-corrected chi connectivity index (χ3v) is 3.03. The van der Waals surface area contributed by atoms with Crippen LogP contribution in [0.25, 0.3) is 0 Å². The summed E-state index contributed by atoms with van der Waals surface area (Å²) >= 11 is 1.48. The zero-order valence-electron chi connectivity index (χ0n) is 9.34. The van der Waals surface area contributed by atoms with Crippen LogP contribution in [0.3, 0.4) is 0 Å². The van der Waals surface area contributed by atoms with Gasteiger partial charge in [-0.05, 0) is 36.4 Å². The van der Waals surface area contributed by atoms with E-state index in [1.54, 1.807) is 12.4 Å². The maximum absolute atomic E-state index is 7.30. The van der Waals surface area contributed by atoms with Gasteiger partial charge in [0.15, 0.2) is 5.16 Å². The number of nitrogens with two attached hydrogens (primary N) is 1. The molecule has 1 aromatic carbocycles. The molecule has 0 aliphatic carbocycles. The first-order chi connectivity index (χ1) is 8.15. The van der Waals surface area contributed by atoms with Crippen LogP contribution in [0.2, 0.25) is 0 Å². The predicted molar refractivity (Wildman–Crippen MR) is 68.4 cm³/mol. The number of aryl methyl sites for hydroxylation is 1. The lowest BCUT2D eigenvalue weighted by atomic mass is 10.2. The maximum atomic E-state index is 7.30. The molecule has 1 aromatic heterocycles. The molecule has 0 spiro atoms. The van der Waals surface area contributed by atoms with Gasteiger partial charge in [0.25, 0.3) is 0 Å². The Balaban J connectivity index is 2.13. The van der Waals surface area contributed by atoms with Crippen molar-refractivity contribution in [2.24, 2.45) is 5.73 Å². The molecule has 0 atom stereocenters. The number of aromatic nitrogens is 2. The zero-order chi connectivity index (χ0) is 12.3. The van der Waals surface area contributed by atoms with Crippen LogP contribution in [0, 0.1) is 12.3 Å². The van der Waals surface area contributed by atoms with Crippen LogP contribution >= 0.6 is 11.8 Å². The lowest BCUT2D eigenvalue weighted by Gasteiger charge is -2.02.